The van der Waals surface area contributed by atoms with E-state index in [-0.39, 0.29) is 12.5 Å². The van der Waals surface area contributed by atoms with Gasteiger partial charge in [-0.2, -0.15) is 0 Å². The molecule has 148 valence electrons. The smallest absolute Gasteiger partial charge is 0.258 e. The van der Waals surface area contributed by atoms with Gasteiger partial charge in [-0.05, 0) is 47.8 Å². The predicted octanol–water partition coefficient (Wildman–Crippen LogP) is 5.79. The number of hydrazine groups is 1. The molecule has 29 heavy (non-hydrogen) atoms. The first kappa shape index (κ1) is 20.0. The maximum Gasteiger partial charge on any atom is 0.258 e. The van der Waals surface area contributed by atoms with Crippen LogP contribution in [0.25, 0.3) is 11.0 Å². The molecule has 0 aliphatic carbocycles. The molecule has 0 saturated carbocycles. The van der Waals surface area contributed by atoms with Crippen molar-refractivity contribution in [3.63, 3.8) is 0 Å². The van der Waals surface area contributed by atoms with Gasteiger partial charge in [-0.1, -0.05) is 40.9 Å². The predicted molar refractivity (Wildman–Crippen MR) is 120 cm³/mol. The number of hydrogen-bond donors (Lipinski definition) is 2. The monoisotopic (exact) mass is 464 g/mol. The number of anilines is 1. The van der Waals surface area contributed by atoms with Crippen LogP contribution in [-0.4, -0.2) is 15.5 Å². The number of benzene rings is 2. The van der Waals surface area contributed by atoms with Crippen LogP contribution in [0.4, 0.5) is 5.69 Å². The van der Waals surface area contributed by atoms with Gasteiger partial charge in [-0.15, -0.1) is 11.3 Å². The number of rotatable bonds is 6. The average molecular weight is 466 g/mol. The van der Waals surface area contributed by atoms with Crippen molar-refractivity contribution in [1.29, 1.82) is 0 Å². The molecule has 0 atom stereocenters. The molecule has 2 heterocycles. The minimum absolute atomic E-state index is 0.0791. The first-order valence-corrected chi connectivity index (χ1v) is 10.7. The van der Waals surface area contributed by atoms with Crippen molar-refractivity contribution in [2.45, 2.75) is 13.0 Å². The highest BCUT2D eigenvalue weighted by molar-refractivity contribution is 7.09. The number of nitrogens with zero attached hydrogens (tertiary/aromatic N) is 2. The molecule has 0 aliphatic rings. The lowest BCUT2D eigenvalue weighted by Crippen LogP contribution is -2.32. The highest BCUT2D eigenvalue weighted by Gasteiger charge is 2.16. The number of fused-ring (bicyclic) bond motifs is 1. The Hall–Kier alpha value is -2.25. The maximum absolute atomic E-state index is 12.6. The summed E-state index contributed by atoms with van der Waals surface area (Å²) in [4.78, 5) is 18.4. The number of carbonyl (C=O) groups excluding carboxylic acids is 1. The second kappa shape index (κ2) is 8.63. The van der Waals surface area contributed by atoms with Crippen molar-refractivity contribution in [2.24, 2.45) is 0 Å². The van der Waals surface area contributed by atoms with E-state index in [0.29, 0.717) is 27.0 Å². The minimum atomic E-state index is -0.224. The van der Waals surface area contributed by atoms with Gasteiger partial charge >= 0.3 is 0 Å². The Morgan fingerprint density at radius 3 is 2.55 bits per heavy atom. The molecule has 0 unspecified atom stereocenters. The molecule has 4 rings (SSSR count). The third-order valence-corrected chi connectivity index (χ3v) is 6.12. The average Bonchev–Trinajstić information content (AvgIpc) is 3.31. The summed E-state index contributed by atoms with van der Waals surface area (Å²) in [5, 5.41) is 3.49. The molecule has 2 aromatic carbocycles. The van der Waals surface area contributed by atoms with Gasteiger partial charge in [0.15, 0.2) is 0 Å². The number of amides is 1. The molecule has 0 fully saturated rings. The third-order valence-electron chi connectivity index (χ3n) is 4.27. The number of aromatic nitrogens is 2. The topological polar surface area (TPSA) is 59.0 Å². The molecule has 4 aromatic rings. The van der Waals surface area contributed by atoms with E-state index in [1.807, 2.05) is 22.1 Å². The Bertz CT molecular complexity index is 1160. The van der Waals surface area contributed by atoms with E-state index in [9.17, 15) is 4.79 Å². The lowest BCUT2D eigenvalue weighted by Gasteiger charge is -2.12. The van der Waals surface area contributed by atoms with Crippen molar-refractivity contribution in [2.75, 3.05) is 5.43 Å². The molecule has 0 saturated heterocycles. The van der Waals surface area contributed by atoms with Gasteiger partial charge in [0.1, 0.15) is 12.4 Å². The number of carbonyl (C=O) groups is 1. The van der Waals surface area contributed by atoms with Crippen molar-refractivity contribution in [1.82, 2.24) is 15.0 Å². The molecule has 0 bridgehead atoms. The lowest BCUT2D eigenvalue weighted by molar-refractivity contribution is -0.121. The maximum atomic E-state index is 12.6. The van der Waals surface area contributed by atoms with E-state index < -0.39 is 0 Å². The molecule has 2 aromatic heterocycles. The first-order chi connectivity index (χ1) is 14.0. The number of nitrogens with one attached hydrogen (secondary N) is 2. The standard InChI is InChI=1S/C20H15Cl3N4OS/c21-12-3-5-13(6-4-12)25-26-20(28)11-27-18-10-16(23)15(22)9-17(18)24-19(27)8-14-2-1-7-29-14/h1-7,9-10,25H,8,11H2,(H,26,28). The summed E-state index contributed by atoms with van der Waals surface area (Å²) in [6.45, 7) is 0.0791. The summed E-state index contributed by atoms with van der Waals surface area (Å²) in [6, 6.07) is 14.5. The number of halogens is 3. The second-order valence-electron chi connectivity index (χ2n) is 6.31. The molecular weight excluding hydrogens is 451 g/mol. The van der Waals surface area contributed by atoms with Crippen LogP contribution < -0.4 is 10.9 Å². The summed E-state index contributed by atoms with van der Waals surface area (Å²) in [7, 11) is 0. The zero-order chi connectivity index (χ0) is 20.4. The van der Waals surface area contributed by atoms with E-state index in [4.69, 9.17) is 34.8 Å². The van der Waals surface area contributed by atoms with Gasteiger partial charge in [0, 0.05) is 16.3 Å². The van der Waals surface area contributed by atoms with E-state index in [1.165, 1.54) is 0 Å². The molecule has 5 nitrogen and oxygen atoms in total. The largest absolute Gasteiger partial charge is 0.318 e. The Kier molecular flexibility index (Phi) is 5.96. The minimum Gasteiger partial charge on any atom is -0.318 e. The van der Waals surface area contributed by atoms with E-state index in [1.54, 1.807) is 47.7 Å². The van der Waals surface area contributed by atoms with Gasteiger partial charge in [-0.3, -0.25) is 15.6 Å². The van der Waals surface area contributed by atoms with Crippen LogP contribution in [0, 0.1) is 0 Å². The van der Waals surface area contributed by atoms with Crippen LogP contribution >= 0.6 is 46.1 Å². The fraction of sp³-hybridized carbons (Fsp3) is 0.100. The van der Waals surface area contributed by atoms with Crippen molar-refractivity contribution in [3.05, 3.63) is 79.7 Å². The van der Waals surface area contributed by atoms with E-state index >= 15 is 0 Å². The zero-order valence-corrected chi connectivity index (χ0v) is 18.0. The van der Waals surface area contributed by atoms with Crippen LogP contribution in [0.2, 0.25) is 15.1 Å². The second-order valence-corrected chi connectivity index (χ2v) is 8.59. The van der Waals surface area contributed by atoms with Crippen LogP contribution in [0.1, 0.15) is 10.7 Å². The normalized spacial score (nSPS) is 11.0. The highest BCUT2D eigenvalue weighted by Crippen LogP contribution is 2.29. The van der Waals surface area contributed by atoms with Crippen molar-refractivity contribution < 1.29 is 4.79 Å². The summed E-state index contributed by atoms with van der Waals surface area (Å²) in [6.07, 6.45) is 0.611. The Labute approximate surface area is 186 Å². The number of thiophene rings is 1. The number of imidazole rings is 1. The fourth-order valence-corrected chi connectivity index (χ4v) is 4.05. The first-order valence-electron chi connectivity index (χ1n) is 8.66. The van der Waals surface area contributed by atoms with Crippen LogP contribution in [0.15, 0.2) is 53.9 Å². The van der Waals surface area contributed by atoms with Gasteiger partial charge < -0.3 is 4.57 Å². The Morgan fingerprint density at radius 2 is 1.83 bits per heavy atom. The van der Waals surface area contributed by atoms with Crippen LogP contribution in [0.5, 0.6) is 0 Å². The Balaban J connectivity index is 1.59. The molecule has 0 radical (unpaired) electrons. The summed E-state index contributed by atoms with van der Waals surface area (Å²) in [5.74, 6) is 0.542. The third kappa shape index (κ3) is 4.67. The number of hydrogen-bond acceptors (Lipinski definition) is 4. The van der Waals surface area contributed by atoms with Gasteiger partial charge in [0.25, 0.3) is 5.91 Å². The summed E-state index contributed by atoms with van der Waals surface area (Å²) < 4.78 is 1.86. The lowest BCUT2D eigenvalue weighted by atomic mass is 10.3. The van der Waals surface area contributed by atoms with E-state index in [0.717, 1.165) is 21.9 Å². The van der Waals surface area contributed by atoms with Crippen molar-refractivity contribution in [3.8, 4) is 0 Å². The van der Waals surface area contributed by atoms with Gasteiger partial charge in [-0.25, -0.2) is 4.98 Å². The fourth-order valence-electron chi connectivity index (χ4n) is 2.91. The quantitative estimate of drug-likeness (QED) is 0.354. The van der Waals surface area contributed by atoms with Gasteiger partial charge in [0.2, 0.25) is 0 Å². The van der Waals surface area contributed by atoms with E-state index in [2.05, 4.69) is 15.8 Å². The summed E-state index contributed by atoms with van der Waals surface area (Å²) in [5.41, 5.74) is 7.76. The molecule has 1 amide bonds. The molecule has 2 N–H and O–H groups in total. The van der Waals surface area contributed by atoms with Crippen molar-refractivity contribution >= 4 is 68.8 Å². The summed E-state index contributed by atoms with van der Waals surface area (Å²) >= 11 is 19.9. The zero-order valence-electron chi connectivity index (χ0n) is 15.0. The SMILES string of the molecule is O=C(Cn1c(Cc2cccs2)nc2cc(Cl)c(Cl)cc21)NNc1ccc(Cl)cc1. The Morgan fingerprint density at radius 1 is 1.07 bits per heavy atom. The molecule has 0 aliphatic heterocycles. The van der Waals surface area contributed by atoms with Crippen LogP contribution in [0.3, 0.4) is 0 Å². The highest BCUT2D eigenvalue weighted by atomic mass is 35.5. The van der Waals surface area contributed by atoms with Crippen LogP contribution in [-0.2, 0) is 17.8 Å². The molecule has 9 heteroatoms. The molecule has 0 spiro atoms. The van der Waals surface area contributed by atoms with Gasteiger partial charge in [0.05, 0.1) is 26.8 Å². The molecular formula is C20H15Cl3N4OS.